The molecule has 60 heavy (non-hydrogen) atoms. The molecule has 0 aliphatic rings. The number of ether oxygens (including phenoxy) is 3. The maximum Gasteiger partial charge on any atom is 0.306 e. The molecule has 0 heterocycles. The molecule has 1 unspecified atom stereocenters. The molecule has 0 N–H and O–H groups in total. The summed E-state index contributed by atoms with van der Waals surface area (Å²) in [6.45, 7) is 6.61. The molecule has 0 amide bonds. The molecule has 0 saturated heterocycles. The first-order valence-electron chi connectivity index (χ1n) is 26.3. The van der Waals surface area contributed by atoms with Gasteiger partial charge in [0.1, 0.15) is 13.2 Å². The first-order valence-corrected chi connectivity index (χ1v) is 26.3. The highest BCUT2D eigenvalue weighted by molar-refractivity contribution is 5.71. The summed E-state index contributed by atoms with van der Waals surface area (Å²) in [7, 11) is 0. The van der Waals surface area contributed by atoms with Crippen LogP contribution >= 0.6 is 0 Å². The van der Waals surface area contributed by atoms with Crippen molar-refractivity contribution in [2.24, 2.45) is 0 Å². The maximum atomic E-state index is 12.7. The van der Waals surface area contributed by atoms with Gasteiger partial charge in [-0.25, -0.2) is 0 Å². The van der Waals surface area contributed by atoms with Crippen molar-refractivity contribution in [3.63, 3.8) is 0 Å². The average molecular weight is 845 g/mol. The van der Waals surface area contributed by atoms with Crippen LogP contribution in [0.2, 0.25) is 0 Å². The van der Waals surface area contributed by atoms with E-state index < -0.39 is 6.10 Å². The van der Waals surface area contributed by atoms with Gasteiger partial charge in [-0.3, -0.25) is 14.4 Å². The lowest BCUT2D eigenvalue weighted by molar-refractivity contribution is -0.167. The van der Waals surface area contributed by atoms with Crippen molar-refractivity contribution in [3.8, 4) is 0 Å². The lowest BCUT2D eigenvalue weighted by atomic mass is 10.1. The Morgan fingerprint density at radius 2 is 0.550 bits per heavy atom. The number of hydrogen-bond donors (Lipinski definition) is 0. The molecule has 0 fully saturated rings. The molecule has 0 aliphatic carbocycles. The summed E-state index contributed by atoms with van der Waals surface area (Å²) in [4.78, 5) is 37.8. The second-order valence-corrected chi connectivity index (χ2v) is 17.8. The second kappa shape index (κ2) is 49.5. The van der Waals surface area contributed by atoms with E-state index in [2.05, 4.69) is 45.1 Å². The van der Waals surface area contributed by atoms with E-state index in [9.17, 15) is 14.4 Å². The van der Waals surface area contributed by atoms with E-state index in [1.807, 2.05) is 0 Å². The summed E-state index contributed by atoms with van der Waals surface area (Å²) in [6.07, 6.45) is 56.0. The summed E-state index contributed by atoms with van der Waals surface area (Å²) >= 11 is 0. The number of carbonyl (C=O) groups is 3. The summed E-state index contributed by atoms with van der Waals surface area (Å²) in [5.74, 6) is -0.877. The predicted octanol–water partition coefficient (Wildman–Crippen LogP) is 17.2. The van der Waals surface area contributed by atoms with Gasteiger partial charge >= 0.3 is 17.9 Å². The number of rotatable bonds is 48. The SMILES string of the molecule is CCCCCC/C=C\CCCCCCCC(=O)OC(COC(=O)CCCCCCCCCC)COC(=O)CCCCCCCCCCC/C=C\CCCCCCCCCC. The quantitative estimate of drug-likeness (QED) is 0.0263. The Balaban J connectivity index is 4.21. The van der Waals surface area contributed by atoms with Gasteiger partial charge in [0, 0.05) is 19.3 Å². The molecule has 0 aromatic carbocycles. The van der Waals surface area contributed by atoms with Gasteiger partial charge in [0.15, 0.2) is 6.10 Å². The van der Waals surface area contributed by atoms with Crippen LogP contribution in [-0.4, -0.2) is 37.2 Å². The van der Waals surface area contributed by atoms with Crippen LogP contribution < -0.4 is 0 Å². The molecule has 0 aromatic rings. The fraction of sp³-hybridized carbons (Fsp3) is 0.870. The molecule has 0 rings (SSSR count). The van der Waals surface area contributed by atoms with Crippen molar-refractivity contribution >= 4 is 17.9 Å². The van der Waals surface area contributed by atoms with Gasteiger partial charge in [-0.15, -0.1) is 0 Å². The molecule has 6 heteroatoms. The van der Waals surface area contributed by atoms with Crippen LogP contribution in [0, 0.1) is 0 Å². The van der Waals surface area contributed by atoms with E-state index in [-0.39, 0.29) is 31.1 Å². The Morgan fingerprint density at radius 3 is 0.850 bits per heavy atom. The minimum absolute atomic E-state index is 0.0724. The third-order valence-electron chi connectivity index (χ3n) is 11.7. The highest BCUT2D eigenvalue weighted by Gasteiger charge is 2.19. The Labute approximate surface area is 373 Å². The standard InChI is InChI=1S/C54H100O6/c1-4-7-10-13-16-19-21-23-24-25-26-27-28-29-30-32-33-35-38-41-44-47-53(56)59-50-51(49-58-52(55)46-43-40-37-18-15-12-9-6-3)60-54(57)48-45-42-39-36-34-31-22-20-17-14-11-8-5-2/h20,22,25-26,51H,4-19,21,23-24,27-50H2,1-3H3/b22-20-,26-25-. The number of unbranched alkanes of at least 4 members (excludes halogenated alkanes) is 33. The lowest BCUT2D eigenvalue weighted by Crippen LogP contribution is -2.30. The van der Waals surface area contributed by atoms with Crippen molar-refractivity contribution in [1.82, 2.24) is 0 Å². The van der Waals surface area contributed by atoms with Crippen LogP contribution in [0.15, 0.2) is 24.3 Å². The highest BCUT2D eigenvalue weighted by atomic mass is 16.6. The summed E-state index contributed by atoms with van der Waals surface area (Å²) in [6, 6.07) is 0. The largest absolute Gasteiger partial charge is 0.462 e. The van der Waals surface area contributed by atoms with Crippen LogP contribution in [-0.2, 0) is 28.6 Å². The van der Waals surface area contributed by atoms with E-state index in [0.29, 0.717) is 19.3 Å². The molecule has 0 spiro atoms. The second-order valence-electron chi connectivity index (χ2n) is 17.8. The Hall–Kier alpha value is -2.11. The number of allylic oxidation sites excluding steroid dienone is 4. The molecule has 0 bridgehead atoms. The predicted molar refractivity (Wildman–Crippen MR) is 256 cm³/mol. The van der Waals surface area contributed by atoms with Crippen LogP contribution in [0.25, 0.3) is 0 Å². The summed E-state index contributed by atoms with van der Waals surface area (Å²) in [5.41, 5.74) is 0. The molecule has 0 aliphatic heterocycles. The molecule has 1 atom stereocenters. The number of carbonyl (C=O) groups excluding carboxylic acids is 3. The lowest BCUT2D eigenvalue weighted by Gasteiger charge is -2.18. The van der Waals surface area contributed by atoms with Crippen LogP contribution in [0.1, 0.15) is 284 Å². The molecule has 6 nitrogen and oxygen atoms in total. The zero-order valence-corrected chi connectivity index (χ0v) is 40.2. The maximum absolute atomic E-state index is 12.7. The minimum Gasteiger partial charge on any atom is -0.462 e. The van der Waals surface area contributed by atoms with Gasteiger partial charge in [-0.05, 0) is 70.6 Å². The van der Waals surface area contributed by atoms with E-state index in [0.717, 1.165) is 64.2 Å². The van der Waals surface area contributed by atoms with E-state index in [1.54, 1.807) is 0 Å². The fourth-order valence-corrected chi connectivity index (χ4v) is 7.67. The van der Waals surface area contributed by atoms with Crippen LogP contribution in [0.4, 0.5) is 0 Å². The van der Waals surface area contributed by atoms with Crippen molar-refractivity contribution < 1.29 is 28.6 Å². The van der Waals surface area contributed by atoms with Crippen LogP contribution in [0.3, 0.4) is 0 Å². The normalized spacial score (nSPS) is 12.1. The van der Waals surface area contributed by atoms with Gasteiger partial charge in [-0.1, -0.05) is 218 Å². The van der Waals surface area contributed by atoms with Gasteiger partial charge in [0.25, 0.3) is 0 Å². The molecular weight excluding hydrogens is 745 g/mol. The van der Waals surface area contributed by atoms with Crippen molar-refractivity contribution in [3.05, 3.63) is 24.3 Å². The smallest absolute Gasteiger partial charge is 0.306 e. The van der Waals surface area contributed by atoms with Gasteiger partial charge in [0.05, 0.1) is 0 Å². The molecular formula is C54H100O6. The van der Waals surface area contributed by atoms with Crippen molar-refractivity contribution in [2.75, 3.05) is 13.2 Å². The van der Waals surface area contributed by atoms with Gasteiger partial charge < -0.3 is 14.2 Å². The molecule has 0 radical (unpaired) electrons. The zero-order chi connectivity index (χ0) is 43.7. The first kappa shape index (κ1) is 57.9. The Morgan fingerprint density at radius 1 is 0.317 bits per heavy atom. The monoisotopic (exact) mass is 845 g/mol. The Kier molecular flexibility index (Phi) is 47.8. The first-order chi connectivity index (χ1) is 29.5. The minimum atomic E-state index is -0.770. The topological polar surface area (TPSA) is 78.9 Å². The van der Waals surface area contributed by atoms with Crippen molar-refractivity contribution in [2.45, 2.75) is 290 Å². The molecule has 352 valence electrons. The third kappa shape index (κ3) is 46.9. The van der Waals surface area contributed by atoms with E-state index in [4.69, 9.17) is 14.2 Å². The average Bonchev–Trinajstić information content (AvgIpc) is 3.24. The van der Waals surface area contributed by atoms with Gasteiger partial charge in [0.2, 0.25) is 0 Å². The van der Waals surface area contributed by atoms with E-state index in [1.165, 1.54) is 180 Å². The van der Waals surface area contributed by atoms with E-state index >= 15 is 0 Å². The van der Waals surface area contributed by atoms with Gasteiger partial charge in [-0.2, -0.15) is 0 Å². The molecule has 0 saturated carbocycles. The zero-order valence-electron chi connectivity index (χ0n) is 40.2. The summed E-state index contributed by atoms with van der Waals surface area (Å²) in [5, 5.41) is 0. The third-order valence-corrected chi connectivity index (χ3v) is 11.7. The van der Waals surface area contributed by atoms with Crippen LogP contribution in [0.5, 0.6) is 0 Å². The highest BCUT2D eigenvalue weighted by Crippen LogP contribution is 2.15. The summed E-state index contributed by atoms with van der Waals surface area (Å²) < 4.78 is 16.7. The van der Waals surface area contributed by atoms with Crippen molar-refractivity contribution in [1.29, 1.82) is 0 Å². The number of esters is 3. The number of hydrogen-bond acceptors (Lipinski definition) is 6. The Bertz CT molecular complexity index is 973. The fourth-order valence-electron chi connectivity index (χ4n) is 7.67. The molecule has 0 aromatic heterocycles.